The highest BCUT2D eigenvalue weighted by Crippen LogP contribution is 2.04. The van der Waals surface area contributed by atoms with Gasteiger partial charge in [-0.1, -0.05) is 12.1 Å². The van der Waals surface area contributed by atoms with E-state index in [0.29, 0.717) is 25.2 Å². The van der Waals surface area contributed by atoms with Crippen molar-refractivity contribution in [2.24, 2.45) is 0 Å². The minimum absolute atomic E-state index is 0.0402. The molecule has 1 aromatic rings. The van der Waals surface area contributed by atoms with E-state index in [0.717, 1.165) is 18.7 Å². The lowest BCUT2D eigenvalue weighted by atomic mass is 10.1. The van der Waals surface area contributed by atoms with Gasteiger partial charge in [0.25, 0.3) is 0 Å². The number of nitrogens with zero attached hydrogens (tertiary/aromatic N) is 2. The molecule has 0 spiro atoms. The summed E-state index contributed by atoms with van der Waals surface area (Å²) < 4.78 is 5.20. The van der Waals surface area contributed by atoms with E-state index in [4.69, 9.17) is 10.00 Å². The van der Waals surface area contributed by atoms with Gasteiger partial charge in [-0.25, -0.2) is 5.01 Å². The molecule has 1 fully saturated rings. The Morgan fingerprint density at radius 3 is 2.61 bits per heavy atom. The predicted molar refractivity (Wildman–Crippen MR) is 65.4 cm³/mol. The van der Waals surface area contributed by atoms with Gasteiger partial charge in [-0.15, -0.1) is 0 Å². The first-order valence-corrected chi connectivity index (χ1v) is 5.89. The first-order valence-electron chi connectivity index (χ1n) is 5.89. The Morgan fingerprint density at radius 1 is 1.33 bits per heavy atom. The molecule has 18 heavy (non-hydrogen) atoms. The number of morpholine rings is 1. The van der Waals surface area contributed by atoms with Crippen molar-refractivity contribution in [3.8, 4) is 6.07 Å². The molecule has 1 amide bonds. The minimum atomic E-state index is -0.0402. The fraction of sp³-hybridized carbons (Fsp3) is 0.385. The van der Waals surface area contributed by atoms with E-state index in [1.165, 1.54) is 0 Å². The highest BCUT2D eigenvalue weighted by molar-refractivity contribution is 5.78. The highest BCUT2D eigenvalue weighted by atomic mass is 16.5. The van der Waals surface area contributed by atoms with E-state index < -0.39 is 0 Å². The maximum absolute atomic E-state index is 11.8. The Balaban J connectivity index is 1.84. The molecule has 1 saturated heterocycles. The second-order valence-electron chi connectivity index (χ2n) is 4.12. The smallest absolute Gasteiger partial charge is 0.238 e. The summed E-state index contributed by atoms with van der Waals surface area (Å²) in [5, 5.41) is 10.5. The standard InChI is InChI=1S/C13H15N3O2/c14-10-12-3-1-11(2-4-12)9-13(17)15-16-5-7-18-8-6-16/h1-4H,5-9H2,(H,15,17). The molecular formula is C13H15N3O2. The molecule has 94 valence electrons. The number of nitrogens with one attached hydrogen (secondary N) is 1. The van der Waals surface area contributed by atoms with Gasteiger partial charge in [-0.3, -0.25) is 10.2 Å². The topological polar surface area (TPSA) is 65.4 Å². The Hall–Kier alpha value is -1.90. The fourth-order valence-corrected chi connectivity index (χ4v) is 1.77. The van der Waals surface area contributed by atoms with Gasteiger partial charge in [-0.2, -0.15) is 5.26 Å². The number of amides is 1. The van der Waals surface area contributed by atoms with Crippen LogP contribution >= 0.6 is 0 Å². The Morgan fingerprint density at radius 2 is 2.00 bits per heavy atom. The number of carbonyl (C=O) groups excluding carboxylic acids is 1. The molecule has 5 heteroatoms. The van der Waals surface area contributed by atoms with Crippen molar-refractivity contribution in [2.45, 2.75) is 6.42 Å². The van der Waals surface area contributed by atoms with Crippen LogP contribution in [0.5, 0.6) is 0 Å². The number of hydrogen-bond donors (Lipinski definition) is 1. The van der Waals surface area contributed by atoms with Gasteiger partial charge in [0.05, 0.1) is 31.3 Å². The van der Waals surface area contributed by atoms with Crippen molar-refractivity contribution in [2.75, 3.05) is 26.3 Å². The lowest BCUT2D eigenvalue weighted by molar-refractivity contribution is -0.127. The molecule has 0 radical (unpaired) electrons. The van der Waals surface area contributed by atoms with Crippen LogP contribution in [0.15, 0.2) is 24.3 Å². The van der Waals surface area contributed by atoms with Crippen LogP contribution in [0.4, 0.5) is 0 Å². The SMILES string of the molecule is N#Cc1ccc(CC(=O)NN2CCOCC2)cc1. The van der Waals surface area contributed by atoms with Crippen LogP contribution in [0.25, 0.3) is 0 Å². The quantitative estimate of drug-likeness (QED) is 0.840. The van der Waals surface area contributed by atoms with Crippen molar-refractivity contribution in [3.05, 3.63) is 35.4 Å². The van der Waals surface area contributed by atoms with Crippen LogP contribution in [-0.4, -0.2) is 37.2 Å². The van der Waals surface area contributed by atoms with E-state index in [2.05, 4.69) is 11.5 Å². The molecule has 2 rings (SSSR count). The van der Waals surface area contributed by atoms with E-state index in [1.807, 2.05) is 5.01 Å². The number of nitriles is 1. The molecule has 1 N–H and O–H groups in total. The van der Waals surface area contributed by atoms with Gasteiger partial charge < -0.3 is 4.74 Å². The third-order valence-corrected chi connectivity index (χ3v) is 2.74. The molecule has 0 bridgehead atoms. The molecule has 0 saturated carbocycles. The van der Waals surface area contributed by atoms with Crippen molar-refractivity contribution < 1.29 is 9.53 Å². The summed E-state index contributed by atoms with van der Waals surface area (Å²) in [6.45, 7) is 2.74. The van der Waals surface area contributed by atoms with E-state index in [-0.39, 0.29) is 5.91 Å². The lowest BCUT2D eigenvalue weighted by Gasteiger charge is -2.26. The summed E-state index contributed by atoms with van der Waals surface area (Å²) in [6.07, 6.45) is 0.322. The molecule has 0 atom stereocenters. The average Bonchev–Trinajstić information content (AvgIpc) is 2.40. The predicted octanol–water partition coefficient (Wildman–Crippen LogP) is 0.464. The largest absolute Gasteiger partial charge is 0.379 e. The Kier molecular flexibility index (Phi) is 4.29. The van der Waals surface area contributed by atoms with Crippen LogP contribution < -0.4 is 5.43 Å². The first-order chi connectivity index (χ1) is 8.78. The van der Waals surface area contributed by atoms with E-state index >= 15 is 0 Å². The Labute approximate surface area is 106 Å². The maximum Gasteiger partial charge on any atom is 0.238 e. The van der Waals surface area contributed by atoms with Crippen molar-refractivity contribution in [1.29, 1.82) is 5.26 Å². The van der Waals surface area contributed by atoms with E-state index in [9.17, 15) is 4.79 Å². The zero-order valence-electron chi connectivity index (χ0n) is 10.1. The summed E-state index contributed by atoms with van der Waals surface area (Å²) in [4.78, 5) is 11.8. The summed E-state index contributed by atoms with van der Waals surface area (Å²) >= 11 is 0. The zero-order valence-corrected chi connectivity index (χ0v) is 10.1. The number of hydrazine groups is 1. The Bertz CT molecular complexity index is 444. The fourth-order valence-electron chi connectivity index (χ4n) is 1.77. The van der Waals surface area contributed by atoms with Gasteiger partial charge in [0.1, 0.15) is 0 Å². The summed E-state index contributed by atoms with van der Waals surface area (Å²) in [6, 6.07) is 9.10. The third-order valence-electron chi connectivity index (χ3n) is 2.74. The number of carbonyl (C=O) groups is 1. The van der Waals surface area contributed by atoms with Gasteiger partial charge in [-0.05, 0) is 17.7 Å². The zero-order chi connectivity index (χ0) is 12.8. The minimum Gasteiger partial charge on any atom is -0.379 e. The van der Waals surface area contributed by atoms with Crippen LogP contribution in [0, 0.1) is 11.3 Å². The molecule has 1 aliphatic rings. The van der Waals surface area contributed by atoms with Gasteiger partial charge in [0.15, 0.2) is 0 Å². The maximum atomic E-state index is 11.8. The van der Waals surface area contributed by atoms with Crippen molar-refractivity contribution >= 4 is 5.91 Å². The molecule has 1 heterocycles. The number of benzene rings is 1. The second kappa shape index (κ2) is 6.15. The number of hydrogen-bond acceptors (Lipinski definition) is 4. The van der Waals surface area contributed by atoms with Crippen LogP contribution in [0.3, 0.4) is 0 Å². The van der Waals surface area contributed by atoms with Crippen LogP contribution in [0.2, 0.25) is 0 Å². The van der Waals surface area contributed by atoms with Gasteiger partial charge >= 0.3 is 0 Å². The summed E-state index contributed by atoms with van der Waals surface area (Å²) in [5.74, 6) is -0.0402. The van der Waals surface area contributed by atoms with Crippen molar-refractivity contribution in [3.63, 3.8) is 0 Å². The van der Waals surface area contributed by atoms with E-state index in [1.54, 1.807) is 24.3 Å². The molecule has 0 aliphatic carbocycles. The van der Waals surface area contributed by atoms with Crippen molar-refractivity contribution in [1.82, 2.24) is 10.4 Å². The number of ether oxygens (including phenoxy) is 1. The lowest BCUT2D eigenvalue weighted by Crippen LogP contribution is -2.48. The summed E-state index contributed by atoms with van der Waals surface area (Å²) in [5.41, 5.74) is 4.35. The number of rotatable bonds is 3. The first kappa shape index (κ1) is 12.6. The normalized spacial score (nSPS) is 15.9. The van der Waals surface area contributed by atoms with Gasteiger partial charge in [0.2, 0.25) is 5.91 Å². The highest BCUT2D eigenvalue weighted by Gasteiger charge is 2.13. The molecule has 1 aliphatic heterocycles. The monoisotopic (exact) mass is 245 g/mol. The molecular weight excluding hydrogens is 230 g/mol. The molecule has 1 aromatic carbocycles. The molecule has 0 unspecified atom stereocenters. The average molecular weight is 245 g/mol. The van der Waals surface area contributed by atoms with Crippen LogP contribution in [0.1, 0.15) is 11.1 Å². The third kappa shape index (κ3) is 3.55. The second-order valence-corrected chi connectivity index (χ2v) is 4.12. The summed E-state index contributed by atoms with van der Waals surface area (Å²) in [7, 11) is 0. The van der Waals surface area contributed by atoms with Gasteiger partial charge in [0, 0.05) is 13.1 Å². The van der Waals surface area contributed by atoms with Crippen LogP contribution in [-0.2, 0) is 16.0 Å². The molecule has 0 aromatic heterocycles. The molecule has 5 nitrogen and oxygen atoms in total.